The number of carbonyl (C=O) groups is 1. The second kappa shape index (κ2) is 10.1. The normalized spacial score (nSPS) is 44.2. The molecule has 6 heteroatoms. The van der Waals surface area contributed by atoms with Crippen molar-refractivity contribution >= 4 is 12.0 Å². The Morgan fingerprint density at radius 3 is 2.41 bits per heavy atom. The summed E-state index contributed by atoms with van der Waals surface area (Å²) < 4.78 is 0. The fourth-order valence-electron chi connectivity index (χ4n) is 10.1. The van der Waals surface area contributed by atoms with Crippen molar-refractivity contribution in [3.8, 4) is 0 Å². The lowest BCUT2D eigenvalue weighted by Crippen LogP contribution is -2.62. The fourth-order valence-corrected chi connectivity index (χ4v) is 10.1. The Morgan fingerprint density at radius 1 is 1.05 bits per heavy atom. The molecule has 1 aromatic heterocycles. The predicted octanol–water partition coefficient (Wildman–Crippen LogP) is 5.84. The van der Waals surface area contributed by atoms with E-state index in [4.69, 9.17) is 5.11 Å². The highest BCUT2D eigenvalue weighted by molar-refractivity contribution is 5.83. The minimum absolute atomic E-state index is 0.175. The minimum Gasteiger partial charge on any atom is -0.475 e. The fraction of sp³-hybridized carbons (Fsp3) is 0.774. The van der Waals surface area contributed by atoms with Gasteiger partial charge in [0.25, 0.3) is 0 Å². The van der Waals surface area contributed by atoms with Crippen molar-refractivity contribution in [2.45, 2.75) is 97.7 Å². The number of aliphatic hydroxyl groups is 2. The van der Waals surface area contributed by atoms with Crippen LogP contribution in [0.5, 0.6) is 0 Å². The van der Waals surface area contributed by atoms with Crippen LogP contribution in [0.1, 0.15) is 102 Å². The summed E-state index contributed by atoms with van der Waals surface area (Å²) >= 11 is 0. The van der Waals surface area contributed by atoms with Gasteiger partial charge in [-0.1, -0.05) is 46.3 Å². The van der Waals surface area contributed by atoms with Gasteiger partial charge in [-0.05, 0) is 104 Å². The van der Waals surface area contributed by atoms with E-state index >= 15 is 0 Å². The van der Waals surface area contributed by atoms with Gasteiger partial charge >= 0.3 is 5.97 Å². The lowest BCUT2D eigenvalue weighted by Gasteiger charge is -2.64. The number of fused-ring (bicyclic) bond motifs is 5. The van der Waals surface area contributed by atoms with Crippen molar-refractivity contribution in [1.82, 2.24) is 9.97 Å². The first-order valence-electron chi connectivity index (χ1n) is 14.7. The summed E-state index contributed by atoms with van der Waals surface area (Å²) in [5.41, 5.74) is 1.33. The molecule has 0 bridgehead atoms. The highest BCUT2D eigenvalue weighted by atomic mass is 16.4. The highest BCUT2D eigenvalue weighted by Gasteiger charge is 2.64. The van der Waals surface area contributed by atoms with Crippen LogP contribution in [0.25, 0.3) is 6.08 Å². The zero-order chi connectivity index (χ0) is 26.5. The molecule has 6 unspecified atom stereocenters. The van der Waals surface area contributed by atoms with Crippen molar-refractivity contribution in [3.05, 3.63) is 29.9 Å². The van der Waals surface area contributed by atoms with E-state index in [0.29, 0.717) is 41.4 Å². The van der Waals surface area contributed by atoms with Crippen LogP contribution < -0.4 is 0 Å². The number of hydrogen-bond acceptors (Lipinski definition) is 5. The molecule has 4 fully saturated rings. The average Bonchev–Trinajstić information content (AvgIpc) is 3.23. The molecule has 4 saturated carbocycles. The summed E-state index contributed by atoms with van der Waals surface area (Å²) in [6.45, 7) is 9.65. The summed E-state index contributed by atoms with van der Waals surface area (Å²) in [6.07, 6.45) is 16.7. The van der Waals surface area contributed by atoms with E-state index in [1.807, 2.05) is 6.08 Å². The molecule has 204 valence electrons. The number of carboxylic acid groups (broad SMARTS) is 1. The molecule has 5 rings (SSSR count). The number of aliphatic hydroxyl groups excluding tert-OH is 2. The Labute approximate surface area is 222 Å². The van der Waals surface area contributed by atoms with Gasteiger partial charge in [-0.2, -0.15) is 0 Å². The summed E-state index contributed by atoms with van der Waals surface area (Å²) in [4.78, 5) is 18.8. The Bertz CT molecular complexity index is 1010. The van der Waals surface area contributed by atoms with Crippen LogP contribution in [0.15, 0.2) is 18.5 Å². The molecule has 6 nitrogen and oxygen atoms in total. The average molecular weight is 511 g/mol. The summed E-state index contributed by atoms with van der Waals surface area (Å²) in [5.74, 6) is 2.18. The number of allylic oxidation sites excluding steroid dienone is 1. The molecule has 0 amide bonds. The lowest BCUT2D eigenvalue weighted by atomic mass is 9.41. The van der Waals surface area contributed by atoms with Gasteiger partial charge in [0, 0.05) is 18.0 Å². The number of aromatic carboxylic acids is 1. The van der Waals surface area contributed by atoms with Gasteiger partial charge in [0.05, 0.1) is 12.2 Å². The number of nitrogens with zero attached hydrogens (tertiary/aromatic N) is 2. The molecule has 3 N–H and O–H groups in total. The van der Waals surface area contributed by atoms with Gasteiger partial charge in [-0.15, -0.1) is 0 Å². The third kappa shape index (κ3) is 4.46. The summed E-state index contributed by atoms with van der Waals surface area (Å²) in [6, 6.07) is 0. The first-order valence-corrected chi connectivity index (χ1v) is 14.7. The van der Waals surface area contributed by atoms with Gasteiger partial charge in [-0.3, -0.25) is 0 Å². The van der Waals surface area contributed by atoms with Crippen LogP contribution in [0, 0.1) is 52.3 Å². The van der Waals surface area contributed by atoms with Crippen LogP contribution in [-0.2, 0) is 0 Å². The molecule has 0 aliphatic heterocycles. The molecule has 0 saturated heterocycles. The zero-order valence-corrected chi connectivity index (χ0v) is 23.0. The standard InChI is InChI=1S/C31H46N2O4/c1-5-21-25-15-20(34)11-13-31(25,4)24-12-14-30(3)22(9-10-23(30)26(24)27(21)35)18(2)7-6-8-19-16-32-28(29(36)37)33-17-19/h6,8,16-18,20-27,34-35H,5,7,9-15H2,1-4H3,(H,36,37)/b8-6+/t18-,20-,21-,22-,23?,24?,25?,26?,27-,30?,31?/m1/s1. The number of aromatic nitrogens is 2. The van der Waals surface area contributed by atoms with E-state index in [1.54, 1.807) is 12.4 Å². The van der Waals surface area contributed by atoms with Crippen LogP contribution in [-0.4, -0.2) is 43.5 Å². The van der Waals surface area contributed by atoms with E-state index in [1.165, 1.54) is 25.7 Å². The molecule has 37 heavy (non-hydrogen) atoms. The van der Waals surface area contributed by atoms with E-state index in [2.05, 4.69) is 43.7 Å². The zero-order valence-electron chi connectivity index (χ0n) is 23.0. The molecule has 0 spiro atoms. The Hall–Kier alpha value is -1.79. The molecule has 1 aromatic rings. The van der Waals surface area contributed by atoms with Crippen molar-refractivity contribution in [2.24, 2.45) is 52.3 Å². The number of hydrogen-bond donors (Lipinski definition) is 3. The molecule has 11 atom stereocenters. The highest BCUT2D eigenvalue weighted by Crippen LogP contribution is 2.69. The topological polar surface area (TPSA) is 104 Å². The second-order valence-corrected chi connectivity index (χ2v) is 13.4. The molecular formula is C31H46N2O4. The number of rotatable bonds is 6. The predicted molar refractivity (Wildman–Crippen MR) is 144 cm³/mol. The molecule has 4 aliphatic carbocycles. The second-order valence-electron chi connectivity index (χ2n) is 13.4. The summed E-state index contributed by atoms with van der Waals surface area (Å²) in [5, 5.41) is 31.4. The van der Waals surface area contributed by atoms with Crippen LogP contribution >= 0.6 is 0 Å². The number of carboxylic acids is 1. The lowest BCUT2D eigenvalue weighted by molar-refractivity contribution is -0.203. The maximum atomic E-state index is 11.9. The van der Waals surface area contributed by atoms with Gasteiger partial charge in [0.2, 0.25) is 5.82 Å². The van der Waals surface area contributed by atoms with E-state index in [0.717, 1.165) is 37.7 Å². The van der Waals surface area contributed by atoms with Crippen molar-refractivity contribution in [3.63, 3.8) is 0 Å². The quantitative estimate of drug-likeness (QED) is 0.444. The maximum Gasteiger partial charge on any atom is 0.373 e. The van der Waals surface area contributed by atoms with Crippen molar-refractivity contribution in [1.29, 1.82) is 0 Å². The van der Waals surface area contributed by atoms with Crippen molar-refractivity contribution < 1.29 is 20.1 Å². The molecule has 0 radical (unpaired) electrons. The minimum atomic E-state index is -1.11. The Morgan fingerprint density at radius 2 is 1.73 bits per heavy atom. The van der Waals surface area contributed by atoms with Crippen LogP contribution in [0.3, 0.4) is 0 Å². The third-order valence-electron chi connectivity index (χ3n) is 11.8. The van der Waals surface area contributed by atoms with Gasteiger partial charge in [-0.25, -0.2) is 14.8 Å². The molecular weight excluding hydrogens is 464 g/mol. The van der Waals surface area contributed by atoms with Gasteiger partial charge in [0.1, 0.15) is 0 Å². The molecule has 4 aliphatic rings. The van der Waals surface area contributed by atoms with Gasteiger partial charge in [0.15, 0.2) is 0 Å². The first kappa shape index (κ1) is 26.8. The van der Waals surface area contributed by atoms with Crippen molar-refractivity contribution in [2.75, 3.05) is 0 Å². The Balaban J connectivity index is 1.31. The Kier molecular flexibility index (Phi) is 7.29. The third-order valence-corrected chi connectivity index (χ3v) is 11.8. The van der Waals surface area contributed by atoms with E-state index < -0.39 is 5.97 Å². The largest absolute Gasteiger partial charge is 0.475 e. The molecule has 0 aromatic carbocycles. The maximum absolute atomic E-state index is 11.9. The SMILES string of the molecule is CC[C@@H]1C2C[C@H](O)CCC2(C)C2CCC3(C)C(CC[C@@H]3[C@H](C)C/C=C/c3cnc(C(=O)O)nc3)C2[C@@H]1O. The summed E-state index contributed by atoms with van der Waals surface area (Å²) in [7, 11) is 0. The molecule has 1 heterocycles. The van der Waals surface area contributed by atoms with E-state index in [9.17, 15) is 15.0 Å². The van der Waals surface area contributed by atoms with Gasteiger partial charge < -0.3 is 15.3 Å². The monoisotopic (exact) mass is 510 g/mol. The smallest absolute Gasteiger partial charge is 0.373 e. The van der Waals surface area contributed by atoms with E-state index in [-0.39, 0.29) is 28.9 Å². The van der Waals surface area contributed by atoms with Crippen LogP contribution in [0.2, 0.25) is 0 Å². The van der Waals surface area contributed by atoms with Crippen LogP contribution in [0.4, 0.5) is 0 Å². The first-order chi connectivity index (χ1) is 17.6.